The Morgan fingerprint density at radius 3 is 2.75 bits per heavy atom. The number of methoxy groups -OCH3 is 1. The van der Waals surface area contributed by atoms with Crippen LogP contribution in [0.2, 0.25) is 0 Å². The Labute approximate surface area is 91.3 Å². The molecule has 0 aliphatic rings. The van der Waals surface area contributed by atoms with E-state index in [1.165, 1.54) is 19.2 Å². The van der Waals surface area contributed by atoms with E-state index in [2.05, 4.69) is 0 Å². The zero-order chi connectivity index (χ0) is 12.3. The summed E-state index contributed by atoms with van der Waals surface area (Å²) < 4.78 is 18.2. The van der Waals surface area contributed by atoms with Crippen LogP contribution < -0.4 is 10.5 Å². The Morgan fingerprint density at radius 1 is 1.62 bits per heavy atom. The number of phenols is 1. The van der Waals surface area contributed by atoms with Crippen LogP contribution in [0.15, 0.2) is 12.1 Å². The first-order valence-corrected chi connectivity index (χ1v) is 4.50. The van der Waals surface area contributed by atoms with Crippen molar-refractivity contribution in [3.8, 4) is 11.5 Å². The molecule has 1 atom stereocenters. The largest absolute Gasteiger partial charge is 0.502 e. The molecule has 0 aliphatic carbocycles. The molecule has 0 heterocycles. The van der Waals surface area contributed by atoms with Crippen LogP contribution in [0.1, 0.15) is 5.56 Å². The summed E-state index contributed by atoms with van der Waals surface area (Å²) in [5.74, 6) is -2.78. The van der Waals surface area contributed by atoms with Gasteiger partial charge >= 0.3 is 5.97 Å². The number of carboxylic acid groups (broad SMARTS) is 1. The second-order valence-electron chi connectivity index (χ2n) is 3.24. The molecule has 1 unspecified atom stereocenters. The Kier molecular flexibility index (Phi) is 3.68. The molecule has 0 saturated carbocycles. The second-order valence-corrected chi connectivity index (χ2v) is 3.24. The van der Waals surface area contributed by atoms with Gasteiger partial charge in [-0.05, 0) is 11.6 Å². The molecule has 0 saturated heterocycles. The molecule has 0 amide bonds. The van der Waals surface area contributed by atoms with Crippen LogP contribution in [0, 0.1) is 5.82 Å². The fraction of sp³-hybridized carbons (Fsp3) is 0.300. The van der Waals surface area contributed by atoms with Gasteiger partial charge in [-0.2, -0.15) is 0 Å². The molecule has 0 fully saturated rings. The van der Waals surface area contributed by atoms with Gasteiger partial charge in [-0.3, -0.25) is 4.79 Å². The van der Waals surface area contributed by atoms with Crippen molar-refractivity contribution in [2.24, 2.45) is 5.73 Å². The van der Waals surface area contributed by atoms with Crippen LogP contribution in [0.3, 0.4) is 0 Å². The summed E-state index contributed by atoms with van der Waals surface area (Å²) in [6.45, 7) is 0. The molecule has 88 valence electrons. The lowest BCUT2D eigenvalue weighted by Crippen LogP contribution is -2.32. The van der Waals surface area contributed by atoms with Gasteiger partial charge in [0.25, 0.3) is 0 Å². The molecule has 0 aliphatic heterocycles. The number of carboxylic acids is 1. The number of aliphatic carboxylic acids is 1. The van der Waals surface area contributed by atoms with E-state index in [0.717, 1.165) is 0 Å². The number of rotatable bonds is 4. The molecule has 1 aromatic carbocycles. The molecule has 0 radical (unpaired) electrons. The first kappa shape index (κ1) is 12.3. The highest BCUT2D eigenvalue weighted by Gasteiger charge is 2.18. The molecule has 0 aromatic heterocycles. The summed E-state index contributed by atoms with van der Waals surface area (Å²) in [5.41, 5.74) is 5.29. The monoisotopic (exact) mass is 229 g/mol. The summed E-state index contributed by atoms with van der Waals surface area (Å²) in [6, 6.07) is 1.47. The highest BCUT2D eigenvalue weighted by molar-refractivity contribution is 5.73. The Morgan fingerprint density at radius 2 is 2.25 bits per heavy atom. The topological polar surface area (TPSA) is 92.8 Å². The first-order chi connectivity index (χ1) is 7.47. The highest BCUT2D eigenvalue weighted by Crippen LogP contribution is 2.31. The predicted octanol–water partition coefficient (Wildman–Crippen LogP) is 0.494. The summed E-state index contributed by atoms with van der Waals surface area (Å²) in [6.07, 6.45) is -0.196. The van der Waals surface area contributed by atoms with Crippen LogP contribution in [-0.2, 0) is 11.2 Å². The van der Waals surface area contributed by atoms with Gasteiger partial charge < -0.3 is 20.7 Å². The van der Waals surface area contributed by atoms with Crippen molar-refractivity contribution in [1.82, 2.24) is 0 Å². The normalized spacial score (nSPS) is 12.2. The summed E-state index contributed by atoms with van der Waals surface area (Å²) in [4.78, 5) is 10.5. The number of benzene rings is 1. The number of ether oxygens (including phenoxy) is 1. The lowest BCUT2D eigenvalue weighted by molar-refractivity contribution is -0.138. The molecule has 1 aromatic rings. The fourth-order valence-electron chi connectivity index (χ4n) is 1.24. The summed E-state index contributed by atoms with van der Waals surface area (Å²) in [5, 5.41) is 17.9. The standard InChI is InChI=1S/C10H12FNO4/c1-16-7-3-2-5(8(11)9(7)13)4-6(12)10(14)15/h2-3,6,13H,4,12H2,1H3,(H,14,15). The zero-order valence-electron chi connectivity index (χ0n) is 8.61. The Hall–Kier alpha value is -1.82. The van der Waals surface area contributed by atoms with Crippen molar-refractivity contribution < 1.29 is 24.1 Å². The number of aromatic hydroxyl groups is 1. The molecular weight excluding hydrogens is 217 g/mol. The maximum atomic E-state index is 13.5. The van der Waals surface area contributed by atoms with Crippen LogP contribution in [0.4, 0.5) is 4.39 Å². The molecule has 4 N–H and O–H groups in total. The lowest BCUT2D eigenvalue weighted by Gasteiger charge is -2.10. The third kappa shape index (κ3) is 2.40. The SMILES string of the molecule is COc1ccc(CC(N)C(=O)O)c(F)c1O. The molecule has 6 heteroatoms. The average Bonchev–Trinajstić information content (AvgIpc) is 2.25. The second kappa shape index (κ2) is 4.80. The van der Waals surface area contributed by atoms with E-state index in [4.69, 9.17) is 15.6 Å². The van der Waals surface area contributed by atoms with E-state index >= 15 is 0 Å². The third-order valence-corrected chi connectivity index (χ3v) is 2.14. The van der Waals surface area contributed by atoms with Crippen LogP contribution in [0.5, 0.6) is 11.5 Å². The lowest BCUT2D eigenvalue weighted by atomic mass is 10.1. The van der Waals surface area contributed by atoms with Crippen LogP contribution in [-0.4, -0.2) is 29.3 Å². The van der Waals surface area contributed by atoms with Crippen LogP contribution >= 0.6 is 0 Å². The molecule has 1 rings (SSSR count). The first-order valence-electron chi connectivity index (χ1n) is 4.50. The Balaban J connectivity index is 2.99. The molecular formula is C10H12FNO4. The van der Waals surface area contributed by atoms with Gasteiger partial charge in [-0.1, -0.05) is 6.07 Å². The predicted molar refractivity (Wildman–Crippen MR) is 53.9 cm³/mol. The molecule has 0 spiro atoms. The van der Waals surface area contributed by atoms with E-state index in [1.807, 2.05) is 0 Å². The number of hydrogen-bond donors (Lipinski definition) is 3. The summed E-state index contributed by atoms with van der Waals surface area (Å²) in [7, 11) is 1.29. The minimum absolute atomic E-state index is 0.00912. The van der Waals surface area contributed by atoms with E-state index in [0.29, 0.717) is 0 Å². The smallest absolute Gasteiger partial charge is 0.320 e. The van der Waals surface area contributed by atoms with E-state index in [9.17, 15) is 14.3 Å². The van der Waals surface area contributed by atoms with Gasteiger partial charge in [-0.25, -0.2) is 4.39 Å². The number of hydrogen-bond acceptors (Lipinski definition) is 4. The summed E-state index contributed by atoms with van der Waals surface area (Å²) >= 11 is 0. The van der Waals surface area contributed by atoms with E-state index in [-0.39, 0.29) is 17.7 Å². The molecule has 16 heavy (non-hydrogen) atoms. The maximum absolute atomic E-state index is 13.5. The minimum atomic E-state index is -1.23. The molecule has 5 nitrogen and oxygen atoms in total. The number of nitrogens with two attached hydrogens (primary N) is 1. The van der Waals surface area contributed by atoms with Crippen molar-refractivity contribution in [3.63, 3.8) is 0 Å². The van der Waals surface area contributed by atoms with Gasteiger partial charge in [0, 0.05) is 6.42 Å². The van der Waals surface area contributed by atoms with Crippen molar-refractivity contribution in [3.05, 3.63) is 23.5 Å². The average molecular weight is 229 g/mol. The number of carbonyl (C=O) groups is 1. The van der Waals surface area contributed by atoms with Gasteiger partial charge in [0.1, 0.15) is 6.04 Å². The van der Waals surface area contributed by atoms with Gasteiger partial charge in [0.05, 0.1) is 7.11 Å². The van der Waals surface area contributed by atoms with Crippen molar-refractivity contribution in [1.29, 1.82) is 0 Å². The molecule has 0 bridgehead atoms. The van der Waals surface area contributed by atoms with Gasteiger partial charge in [0.15, 0.2) is 17.3 Å². The Bertz CT molecular complexity index is 408. The van der Waals surface area contributed by atoms with Crippen molar-refractivity contribution >= 4 is 5.97 Å². The quantitative estimate of drug-likeness (QED) is 0.698. The van der Waals surface area contributed by atoms with Gasteiger partial charge in [0.2, 0.25) is 0 Å². The zero-order valence-corrected chi connectivity index (χ0v) is 8.61. The fourth-order valence-corrected chi connectivity index (χ4v) is 1.24. The minimum Gasteiger partial charge on any atom is -0.502 e. The van der Waals surface area contributed by atoms with E-state index in [1.54, 1.807) is 0 Å². The number of halogens is 1. The van der Waals surface area contributed by atoms with Crippen molar-refractivity contribution in [2.45, 2.75) is 12.5 Å². The third-order valence-electron chi connectivity index (χ3n) is 2.14. The van der Waals surface area contributed by atoms with Gasteiger partial charge in [-0.15, -0.1) is 0 Å². The van der Waals surface area contributed by atoms with Crippen LogP contribution in [0.25, 0.3) is 0 Å². The highest BCUT2D eigenvalue weighted by atomic mass is 19.1. The number of phenolic OH excluding ortho intramolecular Hbond substituents is 1. The van der Waals surface area contributed by atoms with E-state index < -0.39 is 23.6 Å². The maximum Gasteiger partial charge on any atom is 0.320 e. The van der Waals surface area contributed by atoms with Crippen molar-refractivity contribution in [2.75, 3.05) is 7.11 Å².